The van der Waals surface area contributed by atoms with Crippen molar-refractivity contribution >= 4 is 12.2 Å². The quantitative estimate of drug-likeness (QED) is 0.736. The Kier molecular flexibility index (Phi) is 6.28. The van der Waals surface area contributed by atoms with E-state index in [9.17, 15) is 9.59 Å². The van der Waals surface area contributed by atoms with Gasteiger partial charge in [-0.3, -0.25) is 0 Å². The van der Waals surface area contributed by atoms with Gasteiger partial charge in [0.05, 0.1) is 0 Å². The van der Waals surface area contributed by atoms with Crippen molar-refractivity contribution in [1.29, 1.82) is 0 Å². The first kappa shape index (κ1) is 19.1. The minimum atomic E-state index is -0.496. The lowest BCUT2D eigenvalue weighted by Gasteiger charge is -2.23. The molecule has 6 heteroatoms. The Labute approximate surface area is 149 Å². The third-order valence-corrected chi connectivity index (χ3v) is 3.93. The molecule has 0 bridgehead atoms. The zero-order valence-electron chi connectivity index (χ0n) is 15.3. The highest BCUT2D eigenvalue weighted by molar-refractivity contribution is 5.69. The molecule has 25 heavy (non-hydrogen) atoms. The number of hydrogen-bond donors (Lipinski definition) is 2. The summed E-state index contributed by atoms with van der Waals surface area (Å²) >= 11 is 0. The second-order valence-corrected chi connectivity index (χ2v) is 7.50. The third kappa shape index (κ3) is 7.45. The minimum absolute atomic E-state index is 0.169. The van der Waals surface area contributed by atoms with E-state index in [-0.39, 0.29) is 18.2 Å². The fraction of sp³-hybridized carbons (Fsp3) is 0.579. The molecule has 1 aromatic rings. The van der Waals surface area contributed by atoms with Gasteiger partial charge >= 0.3 is 12.2 Å². The first-order chi connectivity index (χ1) is 11.8. The van der Waals surface area contributed by atoms with Gasteiger partial charge < -0.3 is 20.1 Å². The van der Waals surface area contributed by atoms with Gasteiger partial charge in [-0.2, -0.15) is 0 Å². The Morgan fingerprint density at radius 1 is 1.12 bits per heavy atom. The second-order valence-electron chi connectivity index (χ2n) is 7.50. The number of carbonyl (C=O) groups excluding carboxylic acids is 2. The number of carbonyl (C=O) groups is 2. The molecule has 2 N–H and O–H groups in total. The number of nitrogens with one attached hydrogen (secondary N) is 2. The summed E-state index contributed by atoms with van der Waals surface area (Å²) in [7, 11) is 0. The van der Waals surface area contributed by atoms with Gasteiger partial charge in [-0.15, -0.1) is 0 Å². The summed E-state index contributed by atoms with van der Waals surface area (Å²) < 4.78 is 10.4. The van der Waals surface area contributed by atoms with Crippen LogP contribution in [0.25, 0.3) is 0 Å². The molecular weight excluding hydrogens is 320 g/mol. The van der Waals surface area contributed by atoms with E-state index < -0.39 is 11.7 Å². The van der Waals surface area contributed by atoms with Crippen LogP contribution in [0.15, 0.2) is 30.3 Å². The van der Waals surface area contributed by atoms with E-state index in [0.717, 1.165) is 31.2 Å². The molecule has 0 atom stereocenters. The molecule has 0 heterocycles. The van der Waals surface area contributed by atoms with E-state index >= 15 is 0 Å². The van der Waals surface area contributed by atoms with Crippen LogP contribution >= 0.6 is 0 Å². The predicted octanol–water partition coefficient (Wildman–Crippen LogP) is 3.75. The lowest BCUT2D eigenvalue weighted by atomic mass is 10.1. The maximum atomic E-state index is 11.9. The molecule has 1 aliphatic carbocycles. The summed E-state index contributed by atoms with van der Waals surface area (Å²) in [6.07, 6.45) is 2.69. The Morgan fingerprint density at radius 3 is 2.40 bits per heavy atom. The average molecular weight is 348 g/mol. The minimum Gasteiger partial charge on any atom is -0.445 e. The summed E-state index contributed by atoms with van der Waals surface area (Å²) in [4.78, 5) is 23.5. The molecule has 2 rings (SSSR count). The van der Waals surface area contributed by atoms with Gasteiger partial charge in [0.15, 0.2) is 0 Å². The average Bonchev–Trinajstić information content (AvgIpc) is 3.28. The zero-order chi connectivity index (χ0) is 18.3. The molecule has 138 valence electrons. The van der Waals surface area contributed by atoms with E-state index in [1.165, 1.54) is 0 Å². The van der Waals surface area contributed by atoms with Crippen molar-refractivity contribution in [2.24, 2.45) is 0 Å². The Balaban J connectivity index is 1.59. The van der Waals surface area contributed by atoms with Crippen molar-refractivity contribution in [3.8, 4) is 0 Å². The lowest BCUT2D eigenvalue weighted by molar-refractivity contribution is 0.0492. The molecular formula is C19H28N2O4. The van der Waals surface area contributed by atoms with Gasteiger partial charge in [-0.1, -0.05) is 30.3 Å². The van der Waals surface area contributed by atoms with Crippen molar-refractivity contribution in [2.75, 3.05) is 6.54 Å². The van der Waals surface area contributed by atoms with Gasteiger partial charge in [-0.25, -0.2) is 9.59 Å². The molecule has 0 unspecified atom stereocenters. The number of rotatable bonds is 7. The van der Waals surface area contributed by atoms with Gasteiger partial charge in [0.1, 0.15) is 12.2 Å². The molecule has 0 radical (unpaired) electrons. The number of hydrogen-bond acceptors (Lipinski definition) is 4. The van der Waals surface area contributed by atoms with Crippen LogP contribution in [-0.2, 0) is 16.1 Å². The molecule has 6 nitrogen and oxygen atoms in total. The molecule has 0 aliphatic heterocycles. The van der Waals surface area contributed by atoms with E-state index in [1.54, 1.807) is 0 Å². The van der Waals surface area contributed by atoms with Crippen LogP contribution < -0.4 is 10.6 Å². The highest BCUT2D eigenvalue weighted by Crippen LogP contribution is 2.39. The van der Waals surface area contributed by atoms with Crippen LogP contribution in [0.4, 0.5) is 9.59 Å². The number of alkyl carbamates (subject to hydrolysis) is 2. The molecule has 1 aliphatic rings. The van der Waals surface area contributed by atoms with Gasteiger partial charge in [0.2, 0.25) is 0 Å². The summed E-state index contributed by atoms with van der Waals surface area (Å²) in [5.41, 5.74) is 0.290. The maximum absolute atomic E-state index is 11.9. The third-order valence-electron chi connectivity index (χ3n) is 3.93. The van der Waals surface area contributed by atoms with Gasteiger partial charge in [0, 0.05) is 12.1 Å². The molecule has 1 saturated carbocycles. The van der Waals surface area contributed by atoms with Gasteiger partial charge in [0.25, 0.3) is 0 Å². The number of benzene rings is 1. The number of amides is 2. The Morgan fingerprint density at radius 2 is 1.80 bits per heavy atom. The summed E-state index contributed by atoms with van der Waals surface area (Å²) in [6.45, 7) is 6.31. The zero-order valence-corrected chi connectivity index (χ0v) is 15.3. The van der Waals surface area contributed by atoms with Crippen molar-refractivity contribution < 1.29 is 19.1 Å². The highest BCUT2D eigenvalue weighted by Gasteiger charge is 2.44. The molecule has 0 aromatic heterocycles. The summed E-state index contributed by atoms with van der Waals surface area (Å²) in [5, 5.41) is 5.69. The van der Waals surface area contributed by atoms with E-state index in [0.29, 0.717) is 6.54 Å². The van der Waals surface area contributed by atoms with Gasteiger partial charge in [-0.05, 0) is 52.0 Å². The standard InChI is InChI=1S/C19H28N2O4/c1-18(2,3)25-17(23)21-19(11-12-19)10-7-13-20-16(22)24-14-15-8-5-4-6-9-15/h4-6,8-9H,7,10-14H2,1-3H3,(H,20,22)(H,21,23). The smallest absolute Gasteiger partial charge is 0.408 e. The van der Waals surface area contributed by atoms with Crippen LogP contribution in [0.3, 0.4) is 0 Å². The van der Waals surface area contributed by atoms with Crippen molar-refractivity contribution in [3.05, 3.63) is 35.9 Å². The van der Waals surface area contributed by atoms with Crippen LogP contribution in [-0.4, -0.2) is 29.9 Å². The van der Waals surface area contributed by atoms with Crippen LogP contribution in [0.5, 0.6) is 0 Å². The van der Waals surface area contributed by atoms with Crippen LogP contribution in [0, 0.1) is 0 Å². The first-order valence-electron chi connectivity index (χ1n) is 8.74. The van der Waals surface area contributed by atoms with Crippen molar-refractivity contribution in [3.63, 3.8) is 0 Å². The SMILES string of the molecule is CC(C)(C)OC(=O)NC1(CCCNC(=O)OCc2ccccc2)CC1. The van der Waals surface area contributed by atoms with Crippen LogP contribution in [0.2, 0.25) is 0 Å². The largest absolute Gasteiger partial charge is 0.445 e. The second kappa shape index (κ2) is 8.23. The molecule has 1 fully saturated rings. The fourth-order valence-electron chi connectivity index (χ4n) is 2.50. The monoisotopic (exact) mass is 348 g/mol. The highest BCUT2D eigenvalue weighted by atomic mass is 16.6. The van der Waals surface area contributed by atoms with Crippen LogP contribution in [0.1, 0.15) is 52.0 Å². The molecule has 2 amide bonds. The molecule has 1 aromatic carbocycles. The first-order valence-corrected chi connectivity index (χ1v) is 8.74. The normalized spacial score (nSPS) is 15.2. The van der Waals surface area contributed by atoms with Crippen molar-refractivity contribution in [2.45, 2.75) is 64.2 Å². The molecule has 0 saturated heterocycles. The van der Waals surface area contributed by atoms with Crippen molar-refractivity contribution in [1.82, 2.24) is 10.6 Å². The predicted molar refractivity (Wildman–Crippen MR) is 95.2 cm³/mol. The summed E-state index contributed by atoms with van der Waals surface area (Å²) in [6, 6.07) is 9.55. The molecule has 0 spiro atoms. The van der Waals surface area contributed by atoms with E-state index in [4.69, 9.17) is 9.47 Å². The van der Waals surface area contributed by atoms with E-state index in [2.05, 4.69) is 10.6 Å². The Bertz CT molecular complexity index is 577. The topological polar surface area (TPSA) is 76.7 Å². The number of ether oxygens (including phenoxy) is 2. The lowest BCUT2D eigenvalue weighted by Crippen LogP contribution is -2.41. The summed E-state index contributed by atoms with van der Waals surface area (Å²) in [5.74, 6) is 0. The fourth-order valence-corrected chi connectivity index (χ4v) is 2.50. The maximum Gasteiger partial charge on any atom is 0.408 e. The van der Waals surface area contributed by atoms with E-state index in [1.807, 2.05) is 51.1 Å². The Hall–Kier alpha value is -2.24.